The average Bonchev–Trinajstić information content (AvgIpc) is 2.57. The lowest BCUT2D eigenvalue weighted by Gasteiger charge is -2.08. The first-order valence-corrected chi connectivity index (χ1v) is 7.38. The Kier molecular flexibility index (Phi) is 5.78. The molecule has 24 heavy (non-hydrogen) atoms. The second-order valence-corrected chi connectivity index (χ2v) is 5.28. The van der Waals surface area contributed by atoms with Crippen LogP contribution in [0.2, 0.25) is 0 Å². The number of nitrogens with one attached hydrogen (secondary N) is 1. The zero-order chi connectivity index (χ0) is 17.5. The molecule has 2 aromatic carbocycles. The molecule has 0 atom stereocenters. The van der Waals surface area contributed by atoms with Crippen molar-refractivity contribution in [2.45, 2.75) is 13.8 Å². The lowest BCUT2D eigenvalue weighted by molar-refractivity contribution is -0.123. The minimum absolute atomic E-state index is 0.0422. The van der Waals surface area contributed by atoms with E-state index in [1.807, 2.05) is 32.0 Å². The quantitative estimate of drug-likeness (QED) is 0.631. The van der Waals surface area contributed by atoms with Crippen molar-refractivity contribution in [2.24, 2.45) is 5.10 Å². The second-order valence-electron chi connectivity index (χ2n) is 5.28. The maximum absolute atomic E-state index is 11.8. The van der Waals surface area contributed by atoms with Crippen LogP contribution in [0.3, 0.4) is 0 Å². The van der Waals surface area contributed by atoms with Crippen molar-refractivity contribution < 1.29 is 19.4 Å². The summed E-state index contributed by atoms with van der Waals surface area (Å²) in [6, 6.07) is 10.6. The maximum atomic E-state index is 11.8. The molecular weight excluding hydrogens is 308 g/mol. The molecule has 0 fully saturated rings. The van der Waals surface area contributed by atoms with Gasteiger partial charge in [-0.1, -0.05) is 12.1 Å². The van der Waals surface area contributed by atoms with Gasteiger partial charge in [-0.15, -0.1) is 0 Å². The van der Waals surface area contributed by atoms with E-state index in [-0.39, 0.29) is 18.3 Å². The average molecular weight is 328 g/mol. The molecule has 0 aliphatic rings. The van der Waals surface area contributed by atoms with E-state index in [0.29, 0.717) is 17.1 Å². The van der Waals surface area contributed by atoms with Gasteiger partial charge in [-0.2, -0.15) is 5.10 Å². The Hall–Kier alpha value is -3.02. The van der Waals surface area contributed by atoms with Gasteiger partial charge in [0, 0.05) is 0 Å². The molecule has 0 heterocycles. The first kappa shape index (κ1) is 17.3. The number of ether oxygens (including phenoxy) is 2. The monoisotopic (exact) mass is 328 g/mol. The Labute approximate surface area is 140 Å². The van der Waals surface area contributed by atoms with Crippen LogP contribution < -0.4 is 14.9 Å². The van der Waals surface area contributed by atoms with E-state index in [1.54, 1.807) is 12.1 Å². The van der Waals surface area contributed by atoms with Crippen molar-refractivity contribution >= 4 is 12.1 Å². The van der Waals surface area contributed by atoms with Crippen LogP contribution in [-0.4, -0.2) is 30.9 Å². The zero-order valence-corrected chi connectivity index (χ0v) is 13.9. The van der Waals surface area contributed by atoms with Gasteiger partial charge in [-0.05, 0) is 54.8 Å². The van der Waals surface area contributed by atoms with Gasteiger partial charge >= 0.3 is 0 Å². The lowest BCUT2D eigenvalue weighted by atomic mass is 10.1. The number of rotatable bonds is 6. The highest BCUT2D eigenvalue weighted by Gasteiger charge is 2.05. The number of carbonyl (C=O) groups is 1. The number of phenolic OH excluding ortho intramolecular Hbond substituents is 1. The molecule has 0 spiro atoms. The van der Waals surface area contributed by atoms with Gasteiger partial charge in [0.1, 0.15) is 5.75 Å². The van der Waals surface area contributed by atoms with E-state index < -0.39 is 0 Å². The van der Waals surface area contributed by atoms with Crippen molar-refractivity contribution in [1.82, 2.24) is 5.43 Å². The number of aryl methyl sites for hydroxylation is 2. The molecule has 6 nitrogen and oxygen atoms in total. The molecule has 1 amide bonds. The summed E-state index contributed by atoms with van der Waals surface area (Å²) >= 11 is 0. The normalized spacial score (nSPS) is 10.6. The molecule has 0 saturated heterocycles. The number of carbonyl (C=O) groups excluding carboxylic acids is 1. The highest BCUT2D eigenvalue weighted by Crippen LogP contribution is 2.25. The first-order chi connectivity index (χ1) is 11.5. The number of methoxy groups -OCH3 is 1. The van der Waals surface area contributed by atoms with Crippen molar-refractivity contribution in [3.63, 3.8) is 0 Å². The summed E-state index contributed by atoms with van der Waals surface area (Å²) in [7, 11) is 1.46. The molecule has 0 saturated carbocycles. The van der Waals surface area contributed by atoms with Crippen LogP contribution in [-0.2, 0) is 4.79 Å². The smallest absolute Gasteiger partial charge is 0.277 e. The Balaban J connectivity index is 1.88. The molecule has 2 N–H and O–H groups in total. The first-order valence-electron chi connectivity index (χ1n) is 7.38. The van der Waals surface area contributed by atoms with Crippen LogP contribution in [0, 0.1) is 13.8 Å². The molecule has 0 bridgehead atoms. The predicted octanol–water partition coefficient (Wildman–Crippen LogP) is 2.55. The summed E-state index contributed by atoms with van der Waals surface area (Å²) in [5, 5.41) is 13.4. The van der Waals surface area contributed by atoms with Crippen LogP contribution in [0.15, 0.2) is 41.5 Å². The number of hydrogen-bond donors (Lipinski definition) is 2. The Morgan fingerprint density at radius 2 is 2.00 bits per heavy atom. The van der Waals surface area contributed by atoms with E-state index in [4.69, 9.17) is 9.47 Å². The Morgan fingerprint density at radius 1 is 1.21 bits per heavy atom. The minimum atomic E-state index is -0.363. The van der Waals surface area contributed by atoms with Gasteiger partial charge in [0.05, 0.1) is 13.3 Å². The van der Waals surface area contributed by atoms with Crippen molar-refractivity contribution in [2.75, 3.05) is 13.7 Å². The highest BCUT2D eigenvalue weighted by atomic mass is 16.5. The van der Waals surface area contributed by atoms with Crippen LogP contribution in [0.1, 0.15) is 16.7 Å². The van der Waals surface area contributed by atoms with Crippen LogP contribution in [0.5, 0.6) is 17.2 Å². The van der Waals surface area contributed by atoms with E-state index in [9.17, 15) is 9.90 Å². The summed E-state index contributed by atoms with van der Waals surface area (Å²) < 4.78 is 10.5. The number of nitrogens with zero attached hydrogens (tertiary/aromatic N) is 1. The van der Waals surface area contributed by atoms with E-state index in [1.165, 1.54) is 19.4 Å². The van der Waals surface area contributed by atoms with Crippen molar-refractivity contribution in [3.8, 4) is 17.2 Å². The fourth-order valence-electron chi connectivity index (χ4n) is 1.99. The molecule has 2 rings (SSSR count). The molecule has 0 radical (unpaired) electrons. The van der Waals surface area contributed by atoms with Gasteiger partial charge in [0.2, 0.25) is 0 Å². The molecule has 2 aromatic rings. The molecule has 6 heteroatoms. The molecule has 0 aliphatic heterocycles. The zero-order valence-electron chi connectivity index (χ0n) is 13.9. The number of hydrogen-bond acceptors (Lipinski definition) is 5. The summed E-state index contributed by atoms with van der Waals surface area (Å²) in [5.41, 5.74) is 5.10. The number of phenols is 1. The van der Waals surface area contributed by atoms with Crippen LogP contribution >= 0.6 is 0 Å². The van der Waals surface area contributed by atoms with E-state index >= 15 is 0 Å². The van der Waals surface area contributed by atoms with Gasteiger partial charge in [0.25, 0.3) is 5.91 Å². The number of hydrazone groups is 1. The van der Waals surface area contributed by atoms with Gasteiger partial charge < -0.3 is 14.6 Å². The number of benzene rings is 2. The molecule has 126 valence electrons. The molecule has 0 aliphatic carbocycles. The highest BCUT2D eigenvalue weighted by molar-refractivity contribution is 5.83. The SMILES string of the molecule is COc1cc(/C=N/NC(=O)COc2cc(C)ccc2C)ccc1O. The summed E-state index contributed by atoms with van der Waals surface area (Å²) in [5.74, 6) is 0.694. The topological polar surface area (TPSA) is 80.2 Å². The molecule has 0 unspecified atom stereocenters. The minimum Gasteiger partial charge on any atom is -0.504 e. The third-order valence-electron chi connectivity index (χ3n) is 3.31. The standard InChI is InChI=1S/C18H20N2O4/c1-12-4-5-13(2)16(8-12)24-11-18(22)20-19-10-14-6-7-15(21)17(9-14)23-3/h4-10,21H,11H2,1-3H3,(H,20,22)/b19-10+. The largest absolute Gasteiger partial charge is 0.504 e. The van der Waals surface area contributed by atoms with E-state index in [0.717, 1.165) is 11.1 Å². The fraction of sp³-hybridized carbons (Fsp3) is 0.222. The van der Waals surface area contributed by atoms with Crippen molar-refractivity contribution in [1.29, 1.82) is 0 Å². The summed E-state index contributed by atoms with van der Waals surface area (Å²) in [4.78, 5) is 11.8. The van der Waals surface area contributed by atoms with Crippen LogP contribution in [0.25, 0.3) is 0 Å². The Morgan fingerprint density at radius 3 is 2.75 bits per heavy atom. The maximum Gasteiger partial charge on any atom is 0.277 e. The third-order valence-corrected chi connectivity index (χ3v) is 3.31. The molecular formula is C18H20N2O4. The van der Waals surface area contributed by atoms with Gasteiger partial charge in [-0.25, -0.2) is 5.43 Å². The van der Waals surface area contributed by atoms with Crippen molar-refractivity contribution in [3.05, 3.63) is 53.1 Å². The molecule has 0 aromatic heterocycles. The summed E-state index contributed by atoms with van der Waals surface area (Å²) in [6.07, 6.45) is 1.46. The number of aromatic hydroxyl groups is 1. The second kappa shape index (κ2) is 8.01. The van der Waals surface area contributed by atoms with Gasteiger partial charge in [0.15, 0.2) is 18.1 Å². The lowest BCUT2D eigenvalue weighted by Crippen LogP contribution is -2.24. The fourth-order valence-corrected chi connectivity index (χ4v) is 1.99. The van der Waals surface area contributed by atoms with E-state index in [2.05, 4.69) is 10.5 Å². The predicted molar refractivity (Wildman–Crippen MR) is 91.8 cm³/mol. The van der Waals surface area contributed by atoms with Crippen LogP contribution in [0.4, 0.5) is 0 Å². The number of amides is 1. The third kappa shape index (κ3) is 4.74. The Bertz CT molecular complexity index is 757. The summed E-state index contributed by atoms with van der Waals surface area (Å²) in [6.45, 7) is 3.76. The van der Waals surface area contributed by atoms with Gasteiger partial charge in [-0.3, -0.25) is 4.79 Å².